The third-order valence-electron chi connectivity index (χ3n) is 5.32. The van der Waals surface area contributed by atoms with E-state index in [1.54, 1.807) is 6.07 Å². The van der Waals surface area contributed by atoms with E-state index in [1.165, 1.54) is 24.8 Å². The van der Waals surface area contributed by atoms with Gasteiger partial charge in [-0.15, -0.1) is 0 Å². The largest absolute Gasteiger partial charge is 0.494 e. The fourth-order valence-corrected chi connectivity index (χ4v) is 3.63. The molecule has 4 rings (SSSR count). The lowest BCUT2D eigenvalue weighted by atomic mass is 10.1. The van der Waals surface area contributed by atoms with Crippen molar-refractivity contribution in [1.29, 1.82) is 0 Å². The molecule has 0 spiro atoms. The van der Waals surface area contributed by atoms with Crippen LogP contribution in [0.3, 0.4) is 0 Å². The quantitative estimate of drug-likeness (QED) is 0.371. The van der Waals surface area contributed by atoms with E-state index in [9.17, 15) is 13.2 Å². The number of oxazole rings is 1. The van der Waals surface area contributed by atoms with E-state index in [0.717, 1.165) is 12.5 Å². The van der Waals surface area contributed by atoms with Gasteiger partial charge in [0, 0.05) is 17.5 Å². The molecular weight excluding hydrogens is 445 g/mol. The van der Waals surface area contributed by atoms with Crippen LogP contribution in [0.5, 0.6) is 5.75 Å². The molecule has 3 N–H and O–H groups in total. The van der Waals surface area contributed by atoms with Gasteiger partial charge in [0.2, 0.25) is 5.89 Å². The van der Waals surface area contributed by atoms with Crippen molar-refractivity contribution >= 4 is 16.6 Å². The highest BCUT2D eigenvalue weighted by atomic mass is 19.4. The molecule has 0 aliphatic carbocycles. The second-order valence-electron chi connectivity index (χ2n) is 7.54. The molecule has 0 saturated heterocycles. The predicted octanol–water partition coefficient (Wildman–Crippen LogP) is 5.18. The second kappa shape index (κ2) is 9.56. The Hall–Kier alpha value is -3.85. The smallest absolute Gasteiger partial charge is 0.433 e. The molecule has 6 nitrogen and oxygen atoms in total. The van der Waals surface area contributed by atoms with Crippen molar-refractivity contribution in [3.05, 3.63) is 83.9 Å². The molecule has 0 saturated carbocycles. The number of ether oxygens (including phenoxy) is 1. The number of pyridine rings is 1. The summed E-state index contributed by atoms with van der Waals surface area (Å²) in [5, 5.41) is 3.65. The fraction of sp³-hybridized carbons (Fsp3) is 0.200. The zero-order chi connectivity index (χ0) is 24.3. The number of hydrogen-bond acceptors (Lipinski definition) is 6. The molecule has 2 aromatic heterocycles. The standard InChI is InChI=1S/C25H23F3N4O2/c1-15(30-13-12-16-6-4-3-5-7-16)22-20(14-29)34-24(32-22)18-8-10-19(33-2)23-17(18)9-11-21(31-23)25(26,27)28/h3-11,30H,1,12-14,29H2,2H3. The number of nitrogens with one attached hydrogen (secondary N) is 1. The van der Waals surface area contributed by atoms with Gasteiger partial charge in [-0.1, -0.05) is 36.9 Å². The Kier molecular flexibility index (Phi) is 6.56. The zero-order valence-corrected chi connectivity index (χ0v) is 18.4. The van der Waals surface area contributed by atoms with Gasteiger partial charge in [-0.05, 0) is 36.2 Å². The van der Waals surface area contributed by atoms with Gasteiger partial charge in [-0.3, -0.25) is 0 Å². The average Bonchev–Trinajstić information content (AvgIpc) is 3.27. The molecule has 0 fully saturated rings. The second-order valence-corrected chi connectivity index (χ2v) is 7.54. The molecule has 2 heterocycles. The van der Waals surface area contributed by atoms with Crippen molar-refractivity contribution in [1.82, 2.24) is 15.3 Å². The minimum absolute atomic E-state index is 0.0590. The highest BCUT2D eigenvalue weighted by Crippen LogP contribution is 2.37. The van der Waals surface area contributed by atoms with Gasteiger partial charge < -0.3 is 20.2 Å². The highest BCUT2D eigenvalue weighted by molar-refractivity contribution is 5.96. The molecular formula is C25H23F3N4O2. The fourth-order valence-electron chi connectivity index (χ4n) is 3.63. The molecule has 0 amide bonds. The molecule has 0 aliphatic heterocycles. The molecule has 4 aromatic rings. The van der Waals surface area contributed by atoms with E-state index >= 15 is 0 Å². The summed E-state index contributed by atoms with van der Waals surface area (Å²) >= 11 is 0. The first-order valence-corrected chi connectivity index (χ1v) is 10.5. The van der Waals surface area contributed by atoms with E-state index < -0.39 is 11.9 Å². The summed E-state index contributed by atoms with van der Waals surface area (Å²) in [5.41, 5.74) is 7.57. The summed E-state index contributed by atoms with van der Waals surface area (Å²) in [6.07, 6.45) is -3.79. The molecule has 2 aromatic carbocycles. The van der Waals surface area contributed by atoms with Crippen LogP contribution >= 0.6 is 0 Å². The number of hydrogen-bond donors (Lipinski definition) is 2. The van der Waals surface area contributed by atoms with Crippen molar-refractivity contribution in [2.45, 2.75) is 19.1 Å². The number of nitrogens with two attached hydrogens (primary N) is 1. The summed E-state index contributed by atoms with van der Waals surface area (Å²) in [4.78, 5) is 8.34. The summed E-state index contributed by atoms with van der Waals surface area (Å²) in [5.74, 6) is 0.828. The Bertz CT molecular complexity index is 1320. The lowest BCUT2D eigenvalue weighted by molar-refractivity contribution is -0.140. The topological polar surface area (TPSA) is 86.2 Å². The molecule has 176 valence electrons. The van der Waals surface area contributed by atoms with Crippen LogP contribution in [-0.4, -0.2) is 23.6 Å². The Morgan fingerprint density at radius 3 is 2.53 bits per heavy atom. The van der Waals surface area contributed by atoms with Crippen molar-refractivity contribution in [2.75, 3.05) is 13.7 Å². The Balaban J connectivity index is 1.66. The molecule has 0 aliphatic rings. The van der Waals surface area contributed by atoms with Gasteiger partial charge in [-0.25, -0.2) is 9.97 Å². The molecule has 0 bridgehead atoms. The van der Waals surface area contributed by atoms with Crippen LogP contribution in [-0.2, 0) is 19.1 Å². The van der Waals surface area contributed by atoms with Crippen molar-refractivity contribution in [3.63, 3.8) is 0 Å². The summed E-state index contributed by atoms with van der Waals surface area (Å²) in [6.45, 7) is 4.76. The number of rotatable bonds is 8. The maximum atomic E-state index is 13.2. The van der Waals surface area contributed by atoms with Crippen LogP contribution in [0.1, 0.15) is 22.7 Å². The highest BCUT2D eigenvalue weighted by Gasteiger charge is 2.33. The van der Waals surface area contributed by atoms with Crippen molar-refractivity contribution in [3.8, 4) is 17.2 Å². The lowest BCUT2D eigenvalue weighted by Crippen LogP contribution is -2.16. The Morgan fingerprint density at radius 1 is 1.09 bits per heavy atom. The van der Waals surface area contributed by atoms with Gasteiger partial charge in [0.1, 0.15) is 28.4 Å². The maximum Gasteiger partial charge on any atom is 0.433 e. The zero-order valence-electron chi connectivity index (χ0n) is 18.4. The van der Waals surface area contributed by atoms with Crippen molar-refractivity contribution in [2.24, 2.45) is 5.73 Å². The number of methoxy groups -OCH3 is 1. The Labute approximate surface area is 194 Å². The first-order chi connectivity index (χ1) is 16.3. The first kappa shape index (κ1) is 23.3. The van der Waals surface area contributed by atoms with Crippen LogP contribution in [0.2, 0.25) is 0 Å². The molecule has 9 heteroatoms. The minimum Gasteiger partial charge on any atom is -0.494 e. The Morgan fingerprint density at radius 2 is 1.85 bits per heavy atom. The predicted molar refractivity (Wildman–Crippen MR) is 124 cm³/mol. The number of benzene rings is 2. The summed E-state index contributed by atoms with van der Waals surface area (Å²) in [7, 11) is 1.37. The number of fused-ring (bicyclic) bond motifs is 1. The lowest BCUT2D eigenvalue weighted by Gasteiger charge is -2.11. The number of halogens is 3. The van der Waals surface area contributed by atoms with Crippen molar-refractivity contribution < 1.29 is 22.3 Å². The monoisotopic (exact) mass is 468 g/mol. The average molecular weight is 468 g/mol. The van der Waals surface area contributed by atoms with Crippen LogP contribution in [0.15, 0.2) is 65.6 Å². The summed E-state index contributed by atoms with van der Waals surface area (Å²) in [6, 6.07) is 15.4. The van der Waals surface area contributed by atoms with Crippen LogP contribution in [0.25, 0.3) is 28.1 Å². The van der Waals surface area contributed by atoms with Crippen LogP contribution in [0, 0.1) is 0 Å². The van der Waals surface area contributed by atoms with E-state index in [0.29, 0.717) is 34.6 Å². The SMILES string of the molecule is C=C(NCCc1ccccc1)c1nc(-c2ccc(OC)c3nc(C(F)(F)F)ccc23)oc1CN. The van der Waals surface area contributed by atoms with E-state index in [4.69, 9.17) is 14.9 Å². The van der Waals surface area contributed by atoms with Gasteiger partial charge in [0.05, 0.1) is 19.4 Å². The number of nitrogens with zero attached hydrogens (tertiary/aromatic N) is 2. The van der Waals surface area contributed by atoms with Gasteiger partial charge in [0.15, 0.2) is 0 Å². The number of alkyl halides is 3. The van der Waals surface area contributed by atoms with Crippen LogP contribution < -0.4 is 15.8 Å². The van der Waals surface area contributed by atoms with Gasteiger partial charge in [0.25, 0.3) is 0 Å². The molecule has 0 atom stereocenters. The number of aromatic nitrogens is 2. The van der Waals surface area contributed by atoms with Gasteiger partial charge in [-0.2, -0.15) is 13.2 Å². The maximum absolute atomic E-state index is 13.2. The van der Waals surface area contributed by atoms with Gasteiger partial charge >= 0.3 is 6.18 Å². The third kappa shape index (κ3) is 4.74. The molecule has 0 radical (unpaired) electrons. The normalized spacial score (nSPS) is 11.6. The molecule has 0 unspecified atom stereocenters. The summed E-state index contributed by atoms with van der Waals surface area (Å²) < 4.78 is 50.8. The first-order valence-electron chi connectivity index (χ1n) is 10.5. The van der Waals surface area contributed by atoms with E-state index in [1.807, 2.05) is 30.3 Å². The minimum atomic E-state index is -4.58. The van der Waals surface area contributed by atoms with E-state index in [2.05, 4.69) is 21.9 Å². The van der Waals surface area contributed by atoms with Crippen LogP contribution in [0.4, 0.5) is 13.2 Å². The third-order valence-corrected chi connectivity index (χ3v) is 5.32. The van der Waals surface area contributed by atoms with E-state index in [-0.39, 0.29) is 23.7 Å². The molecule has 34 heavy (non-hydrogen) atoms.